The number of carbonyl (C=O) groups is 1. The van der Waals surface area contributed by atoms with Crippen LogP contribution in [-0.4, -0.2) is 22.5 Å². The van der Waals surface area contributed by atoms with Gasteiger partial charge in [-0.2, -0.15) is 4.98 Å². The lowest BCUT2D eigenvalue weighted by Crippen LogP contribution is -2.08. The number of nitrogens with one attached hydrogen (secondary N) is 2. The van der Waals surface area contributed by atoms with Gasteiger partial charge in [-0.25, -0.2) is 9.78 Å². The molecule has 6 nitrogen and oxygen atoms in total. The normalized spacial score (nSPS) is 10.2. The van der Waals surface area contributed by atoms with Crippen molar-refractivity contribution in [1.82, 2.24) is 9.97 Å². The molecule has 0 spiro atoms. The molecule has 3 rings (SSSR count). The van der Waals surface area contributed by atoms with E-state index < -0.39 is 0 Å². The van der Waals surface area contributed by atoms with Crippen molar-refractivity contribution >= 4 is 29.1 Å². The van der Waals surface area contributed by atoms with Gasteiger partial charge in [0.1, 0.15) is 5.82 Å². The van der Waals surface area contributed by atoms with E-state index in [1.54, 1.807) is 31.3 Å². The van der Waals surface area contributed by atoms with E-state index in [0.717, 1.165) is 11.3 Å². The number of hydrogen-bond donors (Lipinski definition) is 2. The Morgan fingerprint density at radius 3 is 2.73 bits per heavy atom. The molecule has 1 heterocycles. The van der Waals surface area contributed by atoms with Crippen LogP contribution in [0.2, 0.25) is 0 Å². The molecule has 0 fully saturated rings. The molecule has 0 unspecified atom stereocenters. The summed E-state index contributed by atoms with van der Waals surface area (Å²) >= 11 is 0. The van der Waals surface area contributed by atoms with Crippen LogP contribution < -0.4 is 10.6 Å². The van der Waals surface area contributed by atoms with Crippen molar-refractivity contribution in [2.75, 3.05) is 17.2 Å². The third kappa shape index (κ3) is 4.36. The topological polar surface area (TPSA) is 76.1 Å². The van der Waals surface area contributed by atoms with Gasteiger partial charge in [-0.15, -0.1) is 0 Å². The molecule has 3 aromatic rings. The summed E-state index contributed by atoms with van der Waals surface area (Å²) in [4.78, 5) is 20.8. The fraction of sp³-hybridized carbons (Fsp3) is 0.150. The number of anilines is 4. The van der Waals surface area contributed by atoms with Crippen LogP contribution in [0.5, 0.6) is 0 Å². The Morgan fingerprint density at radius 2 is 1.92 bits per heavy atom. The molecule has 0 bridgehead atoms. The van der Waals surface area contributed by atoms with Gasteiger partial charge in [-0.05, 0) is 49.7 Å². The number of nitrogens with zero attached hydrogens (tertiary/aromatic N) is 2. The van der Waals surface area contributed by atoms with Crippen molar-refractivity contribution in [3.8, 4) is 0 Å². The van der Waals surface area contributed by atoms with Gasteiger partial charge in [0.05, 0.1) is 17.9 Å². The average molecular weight is 348 g/mol. The molecule has 0 saturated heterocycles. The van der Waals surface area contributed by atoms with E-state index >= 15 is 0 Å². The Bertz CT molecular complexity index is 912. The zero-order valence-electron chi connectivity index (χ0n) is 14.7. The Hall–Kier alpha value is -3.41. The van der Waals surface area contributed by atoms with E-state index in [4.69, 9.17) is 4.74 Å². The largest absolute Gasteiger partial charge is 0.462 e. The fourth-order valence-corrected chi connectivity index (χ4v) is 2.46. The first-order valence-electron chi connectivity index (χ1n) is 8.35. The standard InChI is InChI=1S/C20H20N4O2/c1-3-26-19(25)16-9-4-5-10-17(16)23-18-11-12-21-20(24-18)22-15-8-6-7-14(2)13-15/h4-13H,3H2,1-2H3,(H2,21,22,23,24). The maximum atomic E-state index is 12.1. The number of benzene rings is 2. The summed E-state index contributed by atoms with van der Waals surface area (Å²) in [6, 6.07) is 16.9. The first-order valence-corrected chi connectivity index (χ1v) is 8.35. The van der Waals surface area contributed by atoms with Gasteiger partial charge in [0, 0.05) is 11.9 Å². The molecule has 0 aliphatic carbocycles. The molecule has 0 aliphatic heterocycles. The van der Waals surface area contributed by atoms with Crippen LogP contribution in [0.25, 0.3) is 0 Å². The monoisotopic (exact) mass is 348 g/mol. The summed E-state index contributed by atoms with van der Waals surface area (Å²) in [6.07, 6.45) is 1.65. The highest BCUT2D eigenvalue weighted by molar-refractivity contribution is 5.96. The molecule has 2 aromatic carbocycles. The minimum atomic E-state index is -0.372. The molecular formula is C20H20N4O2. The van der Waals surface area contributed by atoms with Gasteiger partial charge in [-0.1, -0.05) is 24.3 Å². The maximum absolute atomic E-state index is 12.1. The molecule has 0 amide bonds. The van der Waals surface area contributed by atoms with Gasteiger partial charge >= 0.3 is 5.97 Å². The lowest BCUT2D eigenvalue weighted by atomic mass is 10.2. The number of para-hydroxylation sites is 1. The fourth-order valence-electron chi connectivity index (χ4n) is 2.46. The second-order valence-electron chi connectivity index (χ2n) is 5.65. The first-order chi connectivity index (χ1) is 12.7. The molecule has 0 radical (unpaired) electrons. The van der Waals surface area contributed by atoms with Gasteiger partial charge in [0.15, 0.2) is 0 Å². The van der Waals surface area contributed by atoms with Gasteiger partial charge in [0.2, 0.25) is 5.95 Å². The van der Waals surface area contributed by atoms with E-state index in [1.165, 1.54) is 0 Å². The summed E-state index contributed by atoms with van der Waals surface area (Å²) in [5.41, 5.74) is 3.15. The smallest absolute Gasteiger partial charge is 0.340 e. The van der Waals surface area contributed by atoms with Gasteiger partial charge in [0.25, 0.3) is 0 Å². The molecule has 6 heteroatoms. The highest BCUT2D eigenvalue weighted by atomic mass is 16.5. The van der Waals surface area contributed by atoms with Gasteiger partial charge < -0.3 is 15.4 Å². The number of ether oxygens (including phenoxy) is 1. The number of rotatable bonds is 6. The van der Waals surface area contributed by atoms with Crippen molar-refractivity contribution in [3.63, 3.8) is 0 Å². The van der Waals surface area contributed by atoms with Crippen LogP contribution in [0.15, 0.2) is 60.8 Å². The highest BCUT2D eigenvalue weighted by Gasteiger charge is 2.12. The quantitative estimate of drug-likeness (QED) is 0.641. The van der Waals surface area contributed by atoms with Crippen LogP contribution in [0.1, 0.15) is 22.8 Å². The van der Waals surface area contributed by atoms with Crippen molar-refractivity contribution in [1.29, 1.82) is 0 Å². The second kappa shape index (κ2) is 8.11. The summed E-state index contributed by atoms with van der Waals surface area (Å²) in [6.45, 7) is 4.13. The number of esters is 1. The Balaban J connectivity index is 1.80. The maximum Gasteiger partial charge on any atom is 0.340 e. The van der Waals surface area contributed by atoms with Crippen molar-refractivity contribution in [2.24, 2.45) is 0 Å². The summed E-state index contributed by atoms with van der Waals surface area (Å²) in [7, 11) is 0. The predicted molar refractivity (Wildman–Crippen MR) is 102 cm³/mol. The van der Waals surface area contributed by atoms with Crippen LogP contribution in [0.3, 0.4) is 0 Å². The molecule has 0 saturated carbocycles. The van der Waals surface area contributed by atoms with Crippen molar-refractivity contribution in [3.05, 3.63) is 71.9 Å². The van der Waals surface area contributed by atoms with Crippen LogP contribution in [-0.2, 0) is 4.74 Å². The minimum absolute atomic E-state index is 0.325. The van der Waals surface area contributed by atoms with E-state index in [2.05, 4.69) is 20.6 Å². The predicted octanol–water partition coefficient (Wildman–Crippen LogP) is 4.45. The molecule has 1 aromatic heterocycles. The lowest BCUT2D eigenvalue weighted by molar-refractivity contribution is 0.0527. The molecule has 132 valence electrons. The summed E-state index contributed by atoms with van der Waals surface area (Å²) in [5.74, 6) is 0.670. The third-order valence-corrected chi connectivity index (χ3v) is 3.61. The summed E-state index contributed by atoms with van der Waals surface area (Å²) < 4.78 is 5.10. The molecular weight excluding hydrogens is 328 g/mol. The van der Waals surface area contributed by atoms with Crippen molar-refractivity contribution < 1.29 is 9.53 Å². The Labute approximate surface area is 152 Å². The van der Waals surface area contributed by atoms with E-state index in [9.17, 15) is 4.79 Å². The number of hydrogen-bond acceptors (Lipinski definition) is 6. The van der Waals surface area contributed by atoms with E-state index in [0.29, 0.717) is 29.6 Å². The number of aromatic nitrogens is 2. The average Bonchev–Trinajstić information content (AvgIpc) is 2.63. The minimum Gasteiger partial charge on any atom is -0.462 e. The molecule has 0 atom stereocenters. The zero-order valence-corrected chi connectivity index (χ0v) is 14.7. The Morgan fingerprint density at radius 1 is 1.08 bits per heavy atom. The van der Waals surface area contributed by atoms with Gasteiger partial charge in [-0.3, -0.25) is 0 Å². The lowest BCUT2D eigenvalue weighted by Gasteiger charge is -2.12. The van der Waals surface area contributed by atoms with Crippen LogP contribution >= 0.6 is 0 Å². The van der Waals surface area contributed by atoms with E-state index in [1.807, 2.05) is 43.3 Å². The zero-order chi connectivity index (χ0) is 18.4. The summed E-state index contributed by atoms with van der Waals surface area (Å²) in [5, 5.41) is 6.33. The van der Waals surface area contributed by atoms with Crippen molar-refractivity contribution in [2.45, 2.75) is 13.8 Å². The van der Waals surface area contributed by atoms with Crippen LogP contribution in [0, 0.1) is 6.92 Å². The molecule has 26 heavy (non-hydrogen) atoms. The number of aryl methyl sites for hydroxylation is 1. The van der Waals surface area contributed by atoms with Crippen LogP contribution in [0.4, 0.5) is 23.1 Å². The van der Waals surface area contributed by atoms with E-state index in [-0.39, 0.29) is 5.97 Å². The Kier molecular flexibility index (Phi) is 5.43. The molecule has 0 aliphatic rings. The highest BCUT2D eigenvalue weighted by Crippen LogP contribution is 2.22. The SMILES string of the molecule is CCOC(=O)c1ccccc1Nc1ccnc(Nc2cccc(C)c2)n1. The molecule has 2 N–H and O–H groups in total. The number of carbonyl (C=O) groups excluding carboxylic acids is 1. The first kappa shape index (κ1) is 17.4. The third-order valence-electron chi connectivity index (χ3n) is 3.61. The second-order valence-corrected chi connectivity index (χ2v) is 5.65.